The molecule has 0 aromatic carbocycles. The fourth-order valence-corrected chi connectivity index (χ4v) is 9.53. The average Bonchev–Trinajstić information content (AvgIpc) is 3.28. The predicted octanol–water partition coefficient (Wildman–Crippen LogP) is 4.98. The van der Waals surface area contributed by atoms with Gasteiger partial charge in [0.25, 0.3) is 0 Å². The summed E-state index contributed by atoms with van der Waals surface area (Å²) in [6.45, 7) is 10.3. The van der Waals surface area contributed by atoms with Crippen molar-refractivity contribution in [3.05, 3.63) is 30.1 Å². The fourth-order valence-electron chi connectivity index (χ4n) is 9.53. The van der Waals surface area contributed by atoms with Gasteiger partial charge in [-0.1, -0.05) is 19.9 Å². The topological polar surface area (TPSA) is 77.9 Å². The van der Waals surface area contributed by atoms with E-state index in [1.165, 1.54) is 6.92 Å². The zero-order valence-electron chi connectivity index (χ0n) is 21.8. The Bertz CT molecular complexity index is 998. The molecule has 2 heterocycles. The van der Waals surface area contributed by atoms with Gasteiger partial charge >= 0.3 is 5.97 Å². The number of rotatable bonds is 2. The summed E-state index contributed by atoms with van der Waals surface area (Å²) in [6, 6.07) is 5.90. The molecule has 1 aromatic rings. The van der Waals surface area contributed by atoms with Crippen LogP contribution in [0.15, 0.2) is 24.4 Å². The molecule has 6 heteroatoms. The number of esters is 1. The maximum absolute atomic E-state index is 12.2. The van der Waals surface area contributed by atoms with Crippen molar-refractivity contribution in [2.75, 3.05) is 0 Å². The Labute approximate surface area is 209 Å². The SMILES string of the molecule is CC(=O)OC1CCC2(C)C(C1)C1OC(C)(C)OC1C1C2CCC2(C)C1CCC2(O)c1ccccn1. The molecule has 4 aliphatic carbocycles. The van der Waals surface area contributed by atoms with Crippen molar-refractivity contribution in [1.29, 1.82) is 0 Å². The van der Waals surface area contributed by atoms with E-state index in [4.69, 9.17) is 14.2 Å². The highest BCUT2D eigenvalue weighted by Gasteiger charge is 2.71. The van der Waals surface area contributed by atoms with E-state index in [9.17, 15) is 9.90 Å². The minimum absolute atomic E-state index is 0.000129. The van der Waals surface area contributed by atoms with Gasteiger partial charge in [0.15, 0.2) is 5.79 Å². The molecule has 10 atom stereocenters. The number of ether oxygens (including phenoxy) is 3. The second kappa shape index (κ2) is 7.75. The highest BCUT2D eigenvalue weighted by molar-refractivity contribution is 5.66. The van der Waals surface area contributed by atoms with Crippen molar-refractivity contribution in [3.8, 4) is 0 Å². The number of aliphatic hydroxyl groups is 1. The minimum atomic E-state index is -0.918. The van der Waals surface area contributed by atoms with Crippen LogP contribution in [0.3, 0.4) is 0 Å². The smallest absolute Gasteiger partial charge is 0.302 e. The number of hydrogen-bond donors (Lipinski definition) is 1. The van der Waals surface area contributed by atoms with Crippen LogP contribution < -0.4 is 0 Å². The Morgan fingerprint density at radius 2 is 1.74 bits per heavy atom. The first-order valence-electron chi connectivity index (χ1n) is 13.7. The van der Waals surface area contributed by atoms with E-state index in [0.29, 0.717) is 23.7 Å². The summed E-state index contributed by atoms with van der Waals surface area (Å²) >= 11 is 0. The van der Waals surface area contributed by atoms with E-state index in [-0.39, 0.29) is 35.1 Å². The van der Waals surface area contributed by atoms with Crippen molar-refractivity contribution in [2.24, 2.45) is 34.5 Å². The molecule has 1 aliphatic heterocycles. The molecule has 0 bridgehead atoms. The molecule has 1 saturated heterocycles. The molecule has 1 aromatic heterocycles. The van der Waals surface area contributed by atoms with Crippen molar-refractivity contribution >= 4 is 5.97 Å². The van der Waals surface area contributed by atoms with E-state index in [0.717, 1.165) is 50.6 Å². The van der Waals surface area contributed by atoms with Gasteiger partial charge in [0, 0.05) is 18.5 Å². The highest BCUT2D eigenvalue weighted by Crippen LogP contribution is 2.71. The van der Waals surface area contributed by atoms with Gasteiger partial charge in [0.1, 0.15) is 11.7 Å². The number of fused-ring (bicyclic) bond motifs is 8. The van der Waals surface area contributed by atoms with E-state index in [1.54, 1.807) is 6.20 Å². The molecule has 0 amide bonds. The molecule has 5 aliphatic rings. The Kier molecular flexibility index (Phi) is 5.29. The number of nitrogens with zero attached hydrogens (tertiary/aromatic N) is 1. The van der Waals surface area contributed by atoms with Gasteiger partial charge < -0.3 is 19.3 Å². The summed E-state index contributed by atoms with van der Waals surface area (Å²) in [7, 11) is 0. The van der Waals surface area contributed by atoms with Gasteiger partial charge in [0.05, 0.1) is 17.9 Å². The lowest BCUT2D eigenvalue weighted by atomic mass is 9.43. The van der Waals surface area contributed by atoms with Crippen LogP contribution in [-0.2, 0) is 24.6 Å². The first kappa shape index (κ1) is 23.9. The Morgan fingerprint density at radius 1 is 1.00 bits per heavy atom. The van der Waals surface area contributed by atoms with Crippen molar-refractivity contribution in [2.45, 2.75) is 109 Å². The molecule has 0 spiro atoms. The average molecular weight is 484 g/mol. The van der Waals surface area contributed by atoms with Crippen LogP contribution in [0.1, 0.15) is 85.3 Å². The standard InChI is InChI=1S/C29H41NO5/c1-17(31)33-18-9-12-27(4)19-10-13-28(5)20(11-14-29(28,32)22-8-6-7-15-30-22)23(19)25-24(21(27)16-18)34-26(2,3)35-25/h6-8,15,18-21,23-25,32H,9-14,16H2,1-5H3. The molecule has 5 fully saturated rings. The number of hydrogen-bond acceptors (Lipinski definition) is 6. The monoisotopic (exact) mass is 483 g/mol. The van der Waals surface area contributed by atoms with E-state index < -0.39 is 11.4 Å². The third-order valence-electron chi connectivity index (χ3n) is 11.1. The fraction of sp³-hybridized carbons (Fsp3) is 0.793. The first-order chi connectivity index (χ1) is 16.5. The van der Waals surface area contributed by atoms with Crippen molar-refractivity contribution in [3.63, 3.8) is 0 Å². The first-order valence-corrected chi connectivity index (χ1v) is 13.7. The summed E-state index contributed by atoms with van der Waals surface area (Å²) in [5.74, 6) is 0.666. The molecular weight excluding hydrogens is 442 g/mol. The van der Waals surface area contributed by atoms with Crippen LogP contribution in [0.25, 0.3) is 0 Å². The van der Waals surface area contributed by atoms with Gasteiger partial charge in [-0.3, -0.25) is 9.78 Å². The Morgan fingerprint density at radius 3 is 2.46 bits per heavy atom. The molecule has 0 radical (unpaired) electrons. The second-order valence-electron chi connectivity index (χ2n) is 13.0. The third kappa shape index (κ3) is 3.31. The molecule has 4 saturated carbocycles. The molecule has 6 nitrogen and oxygen atoms in total. The lowest BCUT2D eigenvalue weighted by Gasteiger charge is -2.63. The zero-order chi connectivity index (χ0) is 24.8. The quantitative estimate of drug-likeness (QED) is 0.598. The molecule has 6 rings (SSSR count). The van der Waals surface area contributed by atoms with Gasteiger partial charge in [-0.05, 0) is 100 Å². The largest absolute Gasteiger partial charge is 0.463 e. The Balaban J connectivity index is 1.39. The van der Waals surface area contributed by atoms with Gasteiger partial charge in [-0.25, -0.2) is 0 Å². The second-order valence-corrected chi connectivity index (χ2v) is 13.0. The highest BCUT2D eigenvalue weighted by atomic mass is 16.8. The third-order valence-corrected chi connectivity index (χ3v) is 11.1. The maximum atomic E-state index is 12.2. The lowest BCUT2D eigenvalue weighted by Crippen LogP contribution is -2.64. The molecular formula is C29H41NO5. The normalized spacial score (nSPS) is 49.9. The molecule has 35 heavy (non-hydrogen) atoms. The zero-order valence-corrected chi connectivity index (χ0v) is 21.8. The van der Waals surface area contributed by atoms with E-state index in [2.05, 4.69) is 18.8 Å². The lowest BCUT2D eigenvalue weighted by molar-refractivity contribution is -0.209. The van der Waals surface area contributed by atoms with Gasteiger partial charge in [-0.2, -0.15) is 0 Å². The van der Waals surface area contributed by atoms with Crippen LogP contribution in [0.5, 0.6) is 0 Å². The van der Waals surface area contributed by atoms with Crippen LogP contribution >= 0.6 is 0 Å². The van der Waals surface area contributed by atoms with Gasteiger partial charge in [-0.15, -0.1) is 0 Å². The number of aromatic nitrogens is 1. The van der Waals surface area contributed by atoms with Crippen LogP contribution in [-0.4, -0.2) is 40.2 Å². The number of carbonyl (C=O) groups excluding carboxylic acids is 1. The summed E-state index contributed by atoms with van der Waals surface area (Å²) < 4.78 is 19.1. The van der Waals surface area contributed by atoms with Crippen LogP contribution in [0.4, 0.5) is 0 Å². The Hall–Kier alpha value is -1.50. The van der Waals surface area contributed by atoms with Crippen molar-refractivity contribution < 1.29 is 24.1 Å². The number of pyridine rings is 1. The molecule has 1 N–H and O–H groups in total. The van der Waals surface area contributed by atoms with Crippen molar-refractivity contribution in [1.82, 2.24) is 4.98 Å². The summed E-state index contributed by atoms with van der Waals surface area (Å²) in [5.41, 5.74) is -0.245. The maximum Gasteiger partial charge on any atom is 0.302 e. The summed E-state index contributed by atoms with van der Waals surface area (Å²) in [5, 5.41) is 12.2. The predicted molar refractivity (Wildman–Crippen MR) is 130 cm³/mol. The molecule has 192 valence electrons. The summed E-state index contributed by atoms with van der Waals surface area (Å²) in [6.07, 6.45) is 8.34. The molecule has 10 unspecified atom stereocenters. The van der Waals surface area contributed by atoms with E-state index in [1.807, 2.05) is 32.0 Å². The van der Waals surface area contributed by atoms with Crippen LogP contribution in [0.2, 0.25) is 0 Å². The van der Waals surface area contributed by atoms with Crippen LogP contribution in [0, 0.1) is 34.5 Å². The number of carbonyl (C=O) groups is 1. The minimum Gasteiger partial charge on any atom is -0.463 e. The summed E-state index contributed by atoms with van der Waals surface area (Å²) in [4.78, 5) is 16.4. The van der Waals surface area contributed by atoms with E-state index >= 15 is 0 Å². The van der Waals surface area contributed by atoms with Gasteiger partial charge in [0.2, 0.25) is 0 Å².